The van der Waals surface area contributed by atoms with E-state index in [1.807, 2.05) is 53.7 Å². The van der Waals surface area contributed by atoms with Gasteiger partial charge in [0.25, 0.3) is 0 Å². The van der Waals surface area contributed by atoms with Crippen molar-refractivity contribution in [1.29, 1.82) is 0 Å². The van der Waals surface area contributed by atoms with Gasteiger partial charge in [-0.3, -0.25) is 9.78 Å². The van der Waals surface area contributed by atoms with E-state index >= 15 is 0 Å². The third-order valence-electron chi connectivity index (χ3n) is 11.6. The van der Waals surface area contributed by atoms with Crippen molar-refractivity contribution in [1.82, 2.24) is 4.98 Å². The molecule has 3 nitrogen and oxygen atoms in total. The van der Waals surface area contributed by atoms with Crippen molar-refractivity contribution in [3.8, 4) is 11.3 Å². The smallest absolute Gasteiger partial charge is 0.403 e. The zero-order valence-electron chi connectivity index (χ0n) is 32.8. The molecule has 1 N–H and O–H groups in total. The topological polar surface area (TPSA) is 50.2 Å². The fourth-order valence-corrected chi connectivity index (χ4v) is 7.94. The number of benzene rings is 5. The van der Waals surface area contributed by atoms with E-state index in [2.05, 4.69) is 67.1 Å². The SMILES string of the molecule is CCC(C)(CC)C(=O)/C=C(\O)C(C)(CC)CC.C[Si](C)(C)c1ccc2c(ccc3c4ccnc(-c5[c-]c6ccccc6c(C(F)(F)F)c5)c4ccc23)c1.[Ir]. The number of ketones is 1. The van der Waals surface area contributed by atoms with Crippen molar-refractivity contribution in [3.63, 3.8) is 0 Å². The third-order valence-corrected chi connectivity index (χ3v) is 13.6. The number of fused-ring (bicyclic) bond motifs is 6. The molecule has 0 spiro atoms. The van der Waals surface area contributed by atoms with Crippen molar-refractivity contribution in [2.24, 2.45) is 10.8 Å². The first-order valence-electron chi connectivity index (χ1n) is 18.6. The van der Waals surface area contributed by atoms with Crippen LogP contribution in [0, 0.1) is 16.9 Å². The Bertz CT molecular complexity index is 2330. The Morgan fingerprint density at radius 3 is 1.91 bits per heavy atom. The van der Waals surface area contributed by atoms with E-state index in [1.165, 1.54) is 34.2 Å². The number of aliphatic hydroxyl groups excluding tert-OH is 1. The van der Waals surface area contributed by atoms with Crippen LogP contribution in [0.3, 0.4) is 0 Å². The minimum absolute atomic E-state index is 0. The van der Waals surface area contributed by atoms with Crippen LogP contribution in [0.5, 0.6) is 0 Å². The van der Waals surface area contributed by atoms with Crippen molar-refractivity contribution in [2.75, 3.05) is 0 Å². The second kappa shape index (κ2) is 16.5. The molecule has 0 aliphatic carbocycles. The molecule has 0 aliphatic rings. The first-order valence-corrected chi connectivity index (χ1v) is 22.1. The minimum Gasteiger partial charge on any atom is -0.512 e. The largest absolute Gasteiger partial charge is 0.512 e. The molecule has 1 heterocycles. The molecule has 6 rings (SSSR count). The predicted molar refractivity (Wildman–Crippen MR) is 220 cm³/mol. The van der Waals surface area contributed by atoms with Crippen LogP contribution >= 0.6 is 0 Å². The van der Waals surface area contributed by atoms with Gasteiger partial charge in [0, 0.05) is 48.9 Å². The quantitative estimate of drug-likeness (QED) is 0.0517. The summed E-state index contributed by atoms with van der Waals surface area (Å²) in [6.45, 7) is 19.1. The van der Waals surface area contributed by atoms with Crippen LogP contribution < -0.4 is 5.19 Å². The zero-order chi connectivity index (χ0) is 38.9. The van der Waals surface area contributed by atoms with E-state index in [0.29, 0.717) is 16.6 Å². The summed E-state index contributed by atoms with van der Waals surface area (Å²) >= 11 is 0. The molecule has 0 atom stereocenters. The summed E-state index contributed by atoms with van der Waals surface area (Å²) in [5.74, 6) is 0.286. The van der Waals surface area contributed by atoms with E-state index in [1.54, 1.807) is 24.4 Å². The van der Waals surface area contributed by atoms with Gasteiger partial charge in [-0.2, -0.15) is 13.2 Å². The first kappa shape index (κ1) is 42.9. The fraction of sp³-hybridized carbons (Fsp3) is 0.348. The Morgan fingerprint density at radius 1 is 0.741 bits per heavy atom. The number of hydrogen-bond donors (Lipinski definition) is 1. The van der Waals surface area contributed by atoms with Gasteiger partial charge in [0.1, 0.15) is 5.76 Å². The molecule has 0 saturated heterocycles. The Labute approximate surface area is 332 Å². The van der Waals surface area contributed by atoms with E-state index < -0.39 is 19.8 Å². The molecule has 0 amide bonds. The number of halogens is 3. The molecule has 287 valence electrons. The molecule has 1 radical (unpaired) electrons. The molecule has 0 fully saturated rings. The summed E-state index contributed by atoms with van der Waals surface area (Å²) < 4.78 is 41.9. The van der Waals surface area contributed by atoms with Crippen LogP contribution in [0.15, 0.2) is 96.9 Å². The molecule has 0 unspecified atom stereocenters. The average molecular weight is 927 g/mol. The number of nitrogens with zero attached hydrogens (tertiary/aromatic N) is 1. The number of carbonyl (C=O) groups is 1. The summed E-state index contributed by atoms with van der Waals surface area (Å²) in [5.41, 5.74) is -0.434. The Hall–Kier alpha value is -3.84. The van der Waals surface area contributed by atoms with E-state index in [0.717, 1.165) is 47.2 Å². The minimum atomic E-state index is -4.48. The van der Waals surface area contributed by atoms with Crippen molar-refractivity contribution in [3.05, 3.63) is 109 Å². The van der Waals surface area contributed by atoms with Crippen LogP contribution in [0.2, 0.25) is 19.6 Å². The molecule has 0 aliphatic heterocycles. The summed E-state index contributed by atoms with van der Waals surface area (Å²) in [6, 6.07) is 27.8. The number of aliphatic hydroxyl groups is 1. The maximum atomic E-state index is 14.0. The van der Waals surface area contributed by atoms with Gasteiger partial charge in [0.05, 0.1) is 8.07 Å². The zero-order valence-corrected chi connectivity index (χ0v) is 36.2. The number of pyridine rings is 1. The number of alkyl halides is 3. The fourth-order valence-electron chi connectivity index (χ4n) is 6.77. The molecule has 0 saturated carbocycles. The molecule has 1 aromatic heterocycles. The van der Waals surface area contributed by atoms with E-state index in [-0.39, 0.29) is 47.9 Å². The number of hydrogen-bond acceptors (Lipinski definition) is 3. The van der Waals surface area contributed by atoms with Gasteiger partial charge in [-0.25, -0.2) is 0 Å². The van der Waals surface area contributed by atoms with Crippen LogP contribution in [-0.4, -0.2) is 23.9 Å². The standard InChI is InChI=1S/C31H23F3NSi.C15H28O2.Ir/c1-36(2,3)22-9-11-23-20(17-22)8-10-26-25(23)12-13-28-27(26)14-15-35-30(28)21-16-19-6-4-5-7-24(19)29(18-21)31(32,33)34;1-7-14(5,8-2)12(16)11-13(17)15(6,9-3)10-4;/h4-15,17-18H,1-3H3;11,16H,7-10H2,1-6H3;/q-1;;/b;12-11-;. The summed E-state index contributed by atoms with van der Waals surface area (Å²) in [5, 5.41) is 18.4. The van der Waals surface area contributed by atoms with Gasteiger partial charge in [-0.1, -0.05) is 138 Å². The van der Waals surface area contributed by atoms with Crippen molar-refractivity contribution in [2.45, 2.75) is 93.0 Å². The number of rotatable bonds is 9. The van der Waals surface area contributed by atoms with Crippen LogP contribution in [0.4, 0.5) is 13.2 Å². The van der Waals surface area contributed by atoms with E-state index in [4.69, 9.17) is 0 Å². The van der Waals surface area contributed by atoms with Gasteiger partial charge >= 0.3 is 6.18 Å². The van der Waals surface area contributed by atoms with Crippen molar-refractivity contribution < 1.29 is 43.2 Å². The average Bonchev–Trinajstić information content (AvgIpc) is 3.15. The van der Waals surface area contributed by atoms with Gasteiger partial charge in [0.2, 0.25) is 0 Å². The van der Waals surface area contributed by atoms with Gasteiger partial charge in [0.15, 0.2) is 5.78 Å². The predicted octanol–water partition coefficient (Wildman–Crippen LogP) is 13.4. The second-order valence-electron chi connectivity index (χ2n) is 15.7. The van der Waals surface area contributed by atoms with Crippen LogP contribution in [-0.2, 0) is 31.1 Å². The summed E-state index contributed by atoms with van der Waals surface area (Å²) in [6.07, 6.45) is 1.95. The Kier molecular flexibility index (Phi) is 13.1. The maximum Gasteiger partial charge on any atom is 0.403 e. The molecule has 8 heteroatoms. The first-order chi connectivity index (χ1) is 24.9. The number of aromatic nitrogens is 1. The molecule has 6 aromatic rings. The summed E-state index contributed by atoms with van der Waals surface area (Å²) in [7, 11) is -1.44. The van der Waals surface area contributed by atoms with Gasteiger partial charge in [-0.15, -0.1) is 23.6 Å². The Morgan fingerprint density at radius 2 is 1.30 bits per heavy atom. The van der Waals surface area contributed by atoms with Gasteiger partial charge < -0.3 is 5.11 Å². The summed E-state index contributed by atoms with van der Waals surface area (Å²) in [4.78, 5) is 16.7. The molecule has 54 heavy (non-hydrogen) atoms. The van der Waals surface area contributed by atoms with Gasteiger partial charge in [-0.05, 0) is 69.6 Å². The number of carbonyl (C=O) groups excluding carboxylic acids is 1. The van der Waals surface area contributed by atoms with E-state index in [9.17, 15) is 23.1 Å². The molecular formula is C46H51F3IrNO2Si-. The normalized spacial score (nSPS) is 12.9. The second-order valence-corrected chi connectivity index (χ2v) is 20.8. The molecule has 0 bridgehead atoms. The maximum absolute atomic E-state index is 14.0. The third kappa shape index (κ3) is 8.51. The number of allylic oxidation sites excluding steroid dienone is 2. The molecular weight excluding hydrogens is 876 g/mol. The van der Waals surface area contributed by atoms with Crippen molar-refractivity contribution >= 4 is 62.1 Å². The monoisotopic (exact) mass is 927 g/mol. The van der Waals surface area contributed by atoms with Crippen LogP contribution in [0.1, 0.15) is 72.8 Å². The Balaban J connectivity index is 0.000000309. The molecule has 5 aromatic carbocycles. The van der Waals surface area contributed by atoms with Crippen LogP contribution in [0.25, 0.3) is 54.3 Å².